The normalized spacial score (nSPS) is 15.2. The molecule has 0 saturated heterocycles. The highest BCUT2D eigenvalue weighted by atomic mass is 16.2. The number of benzene rings is 1. The summed E-state index contributed by atoms with van der Waals surface area (Å²) in [4.78, 5) is 189. The molecule has 0 spiro atoms. The van der Waals surface area contributed by atoms with Crippen molar-refractivity contribution in [2.75, 3.05) is 26.2 Å². The van der Waals surface area contributed by atoms with Crippen molar-refractivity contribution in [3.8, 4) is 0 Å². The first-order valence-electron chi connectivity index (χ1n) is 36.8. The van der Waals surface area contributed by atoms with E-state index >= 15 is 0 Å². The number of carbonyl (C=O) groups is 12. The van der Waals surface area contributed by atoms with Gasteiger partial charge in [-0.2, -0.15) is 0 Å². The molecule has 0 aliphatic rings. The van der Waals surface area contributed by atoms with E-state index in [4.69, 9.17) is 57.3 Å². The summed E-state index contributed by atoms with van der Waals surface area (Å²) in [5.74, 6) is -13.3. The van der Waals surface area contributed by atoms with Gasteiger partial charge in [-0.3, -0.25) is 77.5 Å². The number of hydrogen-bond donors (Lipinski definition) is 22. The number of amides is 12. The van der Waals surface area contributed by atoms with Crippen LogP contribution in [0.2, 0.25) is 0 Å². The molecular formula is C70H124N26O12. The van der Waals surface area contributed by atoms with Crippen molar-refractivity contribution < 1.29 is 57.5 Å². The van der Waals surface area contributed by atoms with E-state index in [1.165, 1.54) is 6.92 Å². The van der Waals surface area contributed by atoms with Crippen LogP contribution >= 0.6 is 0 Å². The van der Waals surface area contributed by atoms with Gasteiger partial charge < -0.3 is 121 Å². The molecule has 0 bridgehead atoms. The van der Waals surface area contributed by atoms with Gasteiger partial charge in [0.25, 0.3) is 0 Å². The number of fused-ring (bicyclic) bond motifs is 1. The van der Waals surface area contributed by atoms with Gasteiger partial charge in [-0.05, 0) is 105 Å². The number of aliphatic imine (C=N–C) groups is 4. The zero-order chi connectivity index (χ0) is 81.8. The van der Waals surface area contributed by atoms with Gasteiger partial charge in [-0.15, -0.1) is 0 Å². The fraction of sp³-hybridized carbons (Fsp3) is 0.657. The lowest BCUT2D eigenvalue weighted by atomic mass is 9.95. The molecule has 0 radical (unpaired) electrons. The van der Waals surface area contributed by atoms with E-state index in [9.17, 15) is 57.5 Å². The lowest BCUT2D eigenvalue weighted by molar-refractivity contribution is -0.137. The van der Waals surface area contributed by atoms with Crippen molar-refractivity contribution in [3.63, 3.8) is 0 Å². The summed E-state index contributed by atoms with van der Waals surface area (Å²) in [6.07, 6.45) is 2.60. The highest BCUT2D eigenvalue weighted by molar-refractivity contribution is 6.00. The second-order valence-electron chi connectivity index (χ2n) is 28.6. The van der Waals surface area contributed by atoms with Gasteiger partial charge in [0.1, 0.15) is 66.5 Å². The third kappa shape index (κ3) is 33.1. The Balaban J connectivity index is 2.52. The van der Waals surface area contributed by atoms with Crippen molar-refractivity contribution in [1.29, 1.82) is 0 Å². The summed E-state index contributed by atoms with van der Waals surface area (Å²) in [7, 11) is 0. The Bertz CT molecular complexity index is 3430. The second-order valence-corrected chi connectivity index (χ2v) is 28.6. The fourth-order valence-electron chi connectivity index (χ4n) is 11.1. The third-order valence-electron chi connectivity index (χ3n) is 18.0. The Morgan fingerprint density at radius 2 is 0.731 bits per heavy atom. The lowest BCUT2D eigenvalue weighted by Crippen LogP contribution is -2.62. The van der Waals surface area contributed by atoms with Crippen LogP contribution < -0.4 is 116 Å². The molecule has 0 aliphatic heterocycles. The molecule has 12 amide bonds. The number of H-pyrrole nitrogens is 1. The predicted octanol–water partition coefficient (Wildman–Crippen LogP) is -4.19. The van der Waals surface area contributed by atoms with Crippen molar-refractivity contribution in [3.05, 3.63) is 36.0 Å². The van der Waals surface area contributed by atoms with Crippen LogP contribution in [0.1, 0.15) is 160 Å². The Hall–Kier alpha value is -10.6. The Morgan fingerprint density at radius 1 is 0.380 bits per heavy atom. The number of guanidine groups is 4. The Morgan fingerprint density at radius 3 is 1.19 bits per heavy atom. The number of nitrogens with one attached hydrogen (secondary N) is 12. The van der Waals surface area contributed by atoms with Gasteiger partial charge in [-0.25, -0.2) is 0 Å². The maximum Gasteiger partial charge on any atom is 0.243 e. The Kier molecular flexibility index (Phi) is 40.9. The van der Waals surface area contributed by atoms with E-state index in [1.807, 2.05) is 26.0 Å². The van der Waals surface area contributed by atoms with Crippen LogP contribution in [-0.4, -0.2) is 198 Å². The SMILES string of the molecule is CC[C@H](C)[C@H](NC(=O)[C@H](CCCN=C(N)N)NC(=O)[C@@H](NC(=O)[C@H](C)NC(=O)[C@@H](NC(=O)[C@@H](NC(=O)[C@H](CC(C)C)NC(=O)[C@H](CCN=C(N)N)NC(=O)[C@@H](N)C(C)C)[C@@H](C)CC)C(C)C)C(C)C)C(=O)N[C@@H](Cc1c[nH]c2ccccc12)C(=O)N[C@@H](CCCN=C(N)N)C(=O)N[C@@H](CCCN=C(N)N)C(N)=O. The van der Waals surface area contributed by atoms with E-state index in [1.54, 1.807) is 87.6 Å². The van der Waals surface area contributed by atoms with Gasteiger partial charge in [0.2, 0.25) is 70.9 Å². The summed E-state index contributed by atoms with van der Waals surface area (Å²) in [5.41, 5.74) is 57.4. The molecule has 2 rings (SSSR count). The standard InChI is InChI=1S/C70H124N26O12/c1-14-38(11)53(65(107)92-49(32-41-33-85-43-22-17-16-21-42(41)43)60(102)88-45(24-19-28-82-68(75)76)57(99)87-44(55(72)97)23-18-27-81-67(73)74)95-59(101)46(25-20-29-83-69(77)78)90-64(106)52(37(9)10)93-56(98)40(13)86-63(105)51(36(7)8)94-66(108)54(39(12)15-2)96-61(103)48(31-34(3)4)91-58(100)47(26-30-84-70(79)80)89-62(104)50(71)35(5)6/h16-17,21-22,33-40,44-54,85H,14-15,18-20,23-32,71H2,1-13H3,(H2,72,97)(H,86,105)(H,87,99)(H,88,102)(H,89,104)(H,90,106)(H,91,100)(H,92,107)(H,93,98)(H,94,108)(H,95,101)(H,96,103)(H4,73,74,81)(H4,75,76,82)(H4,77,78,83)(H4,79,80,84)/t38-,39-,40-,44-,45-,46-,47-,48-,49-,50-,51-,52-,53-,54-/m0/s1. The molecule has 0 fully saturated rings. The van der Waals surface area contributed by atoms with Crippen LogP contribution in [0.15, 0.2) is 50.4 Å². The molecule has 38 heteroatoms. The summed E-state index contributed by atoms with van der Waals surface area (Å²) in [5, 5.41) is 30.6. The Labute approximate surface area is 632 Å². The molecule has 2 aromatic rings. The number of hydrogen-bond acceptors (Lipinski definition) is 17. The number of nitrogens with zero attached hydrogens (tertiary/aromatic N) is 4. The van der Waals surface area contributed by atoms with Gasteiger partial charge in [0.05, 0.1) is 6.04 Å². The highest BCUT2D eigenvalue weighted by Crippen LogP contribution is 2.21. The number of rotatable bonds is 49. The van der Waals surface area contributed by atoms with E-state index < -0.39 is 167 Å². The third-order valence-corrected chi connectivity index (χ3v) is 18.0. The quantitative estimate of drug-likeness (QED) is 0.0170. The van der Waals surface area contributed by atoms with E-state index in [-0.39, 0.29) is 120 Å². The summed E-state index contributed by atoms with van der Waals surface area (Å²) in [6.45, 7) is 22.1. The number of aromatic nitrogens is 1. The average molecular weight is 1520 g/mol. The maximum atomic E-state index is 14.9. The van der Waals surface area contributed by atoms with E-state index in [2.05, 4.69) is 83.4 Å². The molecule has 1 aromatic carbocycles. The largest absolute Gasteiger partial charge is 0.370 e. The molecule has 38 nitrogen and oxygen atoms in total. The van der Waals surface area contributed by atoms with Crippen molar-refractivity contribution in [2.45, 2.75) is 233 Å². The monoisotopic (exact) mass is 1520 g/mol. The molecule has 0 aliphatic carbocycles. The predicted molar refractivity (Wildman–Crippen MR) is 414 cm³/mol. The molecule has 108 heavy (non-hydrogen) atoms. The number of primary amides is 1. The molecule has 0 saturated carbocycles. The minimum absolute atomic E-state index is 0.00558. The van der Waals surface area contributed by atoms with Crippen LogP contribution in [0.4, 0.5) is 0 Å². The number of carbonyl (C=O) groups excluding carboxylic acids is 12. The smallest absolute Gasteiger partial charge is 0.243 e. The zero-order valence-corrected chi connectivity index (χ0v) is 64.8. The minimum atomic E-state index is -1.44. The maximum absolute atomic E-state index is 14.9. The molecule has 14 atom stereocenters. The fourth-order valence-corrected chi connectivity index (χ4v) is 11.1. The van der Waals surface area contributed by atoms with Crippen LogP contribution in [0.3, 0.4) is 0 Å². The lowest BCUT2D eigenvalue weighted by Gasteiger charge is -2.31. The van der Waals surface area contributed by atoms with Gasteiger partial charge >= 0.3 is 0 Å². The zero-order valence-electron chi connectivity index (χ0n) is 64.8. The number of aromatic amines is 1. The topological polar surface area (TPSA) is 663 Å². The van der Waals surface area contributed by atoms with Crippen molar-refractivity contribution in [1.82, 2.24) is 63.5 Å². The molecule has 0 unspecified atom stereocenters. The summed E-state index contributed by atoms with van der Waals surface area (Å²) >= 11 is 0. The summed E-state index contributed by atoms with van der Waals surface area (Å²) < 4.78 is 0. The minimum Gasteiger partial charge on any atom is -0.370 e. The van der Waals surface area contributed by atoms with Crippen molar-refractivity contribution in [2.24, 2.45) is 113 Å². The van der Waals surface area contributed by atoms with Crippen LogP contribution in [0, 0.1) is 35.5 Å². The van der Waals surface area contributed by atoms with Crippen LogP contribution in [0.25, 0.3) is 10.9 Å². The van der Waals surface area contributed by atoms with Gasteiger partial charge in [0.15, 0.2) is 23.8 Å². The number of nitrogens with two attached hydrogens (primary N) is 10. The molecular weight excluding hydrogens is 1400 g/mol. The molecule has 606 valence electrons. The van der Waals surface area contributed by atoms with Crippen LogP contribution in [0.5, 0.6) is 0 Å². The van der Waals surface area contributed by atoms with E-state index in [0.717, 1.165) is 0 Å². The van der Waals surface area contributed by atoms with E-state index in [0.29, 0.717) is 29.3 Å². The second kappa shape index (κ2) is 47.2. The van der Waals surface area contributed by atoms with Crippen molar-refractivity contribution >= 4 is 106 Å². The first-order valence-corrected chi connectivity index (χ1v) is 36.8. The summed E-state index contributed by atoms with van der Waals surface area (Å²) in [6, 6.07) is -8.27. The van der Waals surface area contributed by atoms with Crippen LogP contribution in [-0.2, 0) is 64.0 Å². The number of para-hydroxylation sites is 1. The molecule has 32 N–H and O–H groups in total. The van der Waals surface area contributed by atoms with Gasteiger partial charge in [-0.1, -0.05) is 114 Å². The first kappa shape index (κ1) is 93.5. The molecule has 1 aromatic heterocycles. The molecule has 1 heterocycles. The highest BCUT2D eigenvalue weighted by Gasteiger charge is 2.39. The first-order chi connectivity index (χ1) is 50.6. The average Bonchev–Trinajstić information content (AvgIpc) is 1.63. The van der Waals surface area contributed by atoms with Gasteiger partial charge in [0, 0.05) is 49.7 Å².